The first-order chi connectivity index (χ1) is 7.71. The van der Waals surface area contributed by atoms with Crippen molar-refractivity contribution in [3.05, 3.63) is 5.89 Å². The van der Waals surface area contributed by atoms with Crippen LogP contribution in [0.4, 0.5) is 6.01 Å². The van der Waals surface area contributed by atoms with Gasteiger partial charge in [0.2, 0.25) is 5.89 Å². The van der Waals surface area contributed by atoms with Gasteiger partial charge in [-0.2, -0.15) is 0 Å². The van der Waals surface area contributed by atoms with Crippen LogP contribution in [0, 0.1) is 5.92 Å². The fraction of sp³-hybridized carbons (Fsp3) is 0.818. The Bertz CT molecular complexity index is 296. The summed E-state index contributed by atoms with van der Waals surface area (Å²) in [4.78, 5) is 0. The van der Waals surface area contributed by atoms with Gasteiger partial charge in [0.1, 0.15) is 0 Å². The monoisotopic (exact) mass is 226 g/mol. The van der Waals surface area contributed by atoms with E-state index in [1.807, 2.05) is 0 Å². The summed E-state index contributed by atoms with van der Waals surface area (Å²) < 4.78 is 5.42. The largest absolute Gasteiger partial charge is 0.408 e. The minimum Gasteiger partial charge on any atom is -0.408 e. The second-order valence-corrected chi connectivity index (χ2v) is 4.05. The van der Waals surface area contributed by atoms with Crippen molar-refractivity contribution in [2.45, 2.75) is 46.1 Å². The molecule has 0 saturated heterocycles. The smallest absolute Gasteiger partial charge is 0.315 e. The Hall–Kier alpha value is -1.10. The van der Waals surface area contributed by atoms with Crippen LogP contribution >= 0.6 is 0 Å². The number of nitrogens with two attached hydrogens (primary N) is 1. The highest BCUT2D eigenvalue weighted by molar-refractivity contribution is 5.19. The molecule has 92 valence electrons. The molecule has 1 aromatic heterocycles. The third-order valence-electron chi connectivity index (χ3n) is 2.93. The predicted molar refractivity (Wildman–Crippen MR) is 64.2 cm³/mol. The van der Waals surface area contributed by atoms with E-state index in [2.05, 4.69) is 36.3 Å². The third kappa shape index (κ3) is 3.48. The molecule has 1 rings (SSSR count). The Morgan fingerprint density at radius 3 is 2.56 bits per heavy atom. The molecule has 1 unspecified atom stereocenters. The highest BCUT2D eigenvalue weighted by Crippen LogP contribution is 2.17. The summed E-state index contributed by atoms with van der Waals surface area (Å²) in [6.07, 6.45) is 2.93. The van der Waals surface area contributed by atoms with Crippen LogP contribution in [0.5, 0.6) is 0 Å². The molecule has 0 saturated carbocycles. The van der Waals surface area contributed by atoms with Gasteiger partial charge in [-0.05, 0) is 12.8 Å². The number of rotatable bonds is 7. The molecule has 0 spiro atoms. The van der Waals surface area contributed by atoms with Gasteiger partial charge < -0.3 is 15.5 Å². The Balaban J connectivity index is 2.51. The molecule has 0 aliphatic carbocycles. The normalized spacial score (nSPS) is 13.1. The standard InChI is InChI=1S/C11H22N4O/c1-4-9(5-2)8(3)13-11-15-14-10(16-11)6-7-12/h8-9H,4-7,12H2,1-3H3,(H,13,15). The number of hydrogen-bond donors (Lipinski definition) is 2. The van der Waals surface area contributed by atoms with E-state index in [4.69, 9.17) is 10.2 Å². The molecule has 0 aromatic carbocycles. The fourth-order valence-electron chi connectivity index (χ4n) is 1.84. The highest BCUT2D eigenvalue weighted by atomic mass is 16.4. The molecular weight excluding hydrogens is 204 g/mol. The first-order valence-corrected chi connectivity index (χ1v) is 6.00. The second-order valence-electron chi connectivity index (χ2n) is 4.05. The zero-order valence-corrected chi connectivity index (χ0v) is 10.4. The zero-order valence-electron chi connectivity index (χ0n) is 10.4. The lowest BCUT2D eigenvalue weighted by Gasteiger charge is -2.20. The van der Waals surface area contributed by atoms with Crippen molar-refractivity contribution in [1.29, 1.82) is 0 Å². The predicted octanol–water partition coefficient (Wildman–Crippen LogP) is 1.81. The Morgan fingerprint density at radius 1 is 1.31 bits per heavy atom. The Labute approximate surface area is 96.8 Å². The summed E-state index contributed by atoms with van der Waals surface area (Å²) >= 11 is 0. The molecule has 0 radical (unpaired) electrons. The van der Waals surface area contributed by atoms with Gasteiger partial charge in [-0.3, -0.25) is 0 Å². The zero-order chi connectivity index (χ0) is 12.0. The van der Waals surface area contributed by atoms with Crippen LogP contribution in [0.3, 0.4) is 0 Å². The number of aromatic nitrogens is 2. The minimum absolute atomic E-state index is 0.348. The topological polar surface area (TPSA) is 77.0 Å². The van der Waals surface area contributed by atoms with Crippen molar-refractivity contribution in [3.8, 4) is 0 Å². The molecule has 5 nitrogen and oxygen atoms in total. The van der Waals surface area contributed by atoms with Crippen LogP contribution < -0.4 is 11.1 Å². The van der Waals surface area contributed by atoms with Gasteiger partial charge >= 0.3 is 6.01 Å². The summed E-state index contributed by atoms with van der Waals surface area (Å²) in [6.45, 7) is 7.06. The van der Waals surface area contributed by atoms with Crippen molar-refractivity contribution >= 4 is 6.01 Å². The number of anilines is 1. The minimum atomic E-state index is 0.348. The third-order valence-corrected chi connectivity index (χ3v) is 2.93. The van der Waals surface area contributed by atoms with Crippen LogP contribution in [0.25, 0.3) is 0 Å². The summed E-state index contributed by atoms with van der Waals surface area (Å²) in [6, 6.07) is 0.851. The molecule has 0 bridgehead atoms. The SMILES string of the molecule is CCC(CC)C(C)Nc1nnc(CCN)o1. The first-order valence-electron chi connectivity index (χ1n) is 6.00. The lowest BCUT2D eigenvalue weighted by atomic mass is 9.96. The summed E-state index contributed by atoms with van der Waals surface area (Å²) in [5, 5.41) is 11.1. The lowest BCUT2D eigenvalue weighted by Crippen LogP contribution is -2.25. The first kappa shape index (κ1) is 13.0. The fourth-order valence-corrected chi connectivity index (χ4v) is 1.84. The van der Waals surface area contributed by atoms with E-state index in [-0.39, 0.29) is 0 Å². The van der Waals surface area contributed by atoms with Crippen molar-refractivity contribution in [3.63, 3.8) is 0 Å². The molecule has 5 heteroatoms. The van der Waals surface area contributed by atoms with Gasteiger partial charge in [-0.1, -0.05) is 31.8 Å². The lowest BCUT2D eigenvalue weighted by molar-refractivity contribution is 0.421. The number of nitrogens with zero attached hydrogens (tertiary/aromatic N) is 2. The van der Waals surface area contributed by atoms with Gasteiger partial charge in [0.25, 0.3) is 0 Å². The van der Waals surface area contributed by atoms with Crippen LogP contribution in [-0.4, -0.2) is 22.8 Å². The maximum absolute atomic E-state index is 5.42. The average Bonchev–Trinajstić information content (AvgIpc) is 2.68. The molecule has 3 N–H and O–H groups in total. The molecule has 0 aliphatic heterocycles. The van der Waals surface area contributed by atoms with Gasteiger partial charge in [0.15, 0.2) is 0 Å². The van der Waals surface area contributed by atoms with Gasteiger partial charge in [-0.25, -0.2) is 0 Å². The van der Waals surface area contributed by atoms with Crippen molar-refractivity contribution in [1.82, 2.24) is 10.2 Å². The van der Waals surface area contributed by atoms with Crippen LogP contribution in [0.15, 0.2) is 4.42 Å². The van der Waals surface area contributed by atoms with Crippen LogP contribution in [0.2, 0.25) is 0 Å². The van der Waals surface area contributed by atoms with Gasteiger partial charge in [-0.15, -0.1) is 5.10 Å². The molecular formula is C11H22N4O. The van der Waals surface area contributed by atoms with Crippen LogP contribution in [0.1, 0.15) is 39.5 Å². The molecule has 0 fully saturated rings. The van der Waals surface area contributed by atoms with Gasteiger partial charge in [0.05, 0.1) is 0 Å². The summed E-state index contributed by atoms with van der Waals surface area (Å²) in [5.41, 5.74) is 5.41. The summed E-state index contributed by atoms with van der Waals surface area (Å²) in [7, 11) is 0. The van der Waals surface area contributed by atoms with E-state index in [0.717, 1.165) is 12.8 Å². The van der Waals surface area contributed by atoms with E-state index in [0.29, 0.717) is 36.8 Å². The van der Waals surface area contributed by atoms with E-state index in [1.165, 1.54) is 0 Å². The second kappa shape index (κ2) is 6.48. The van der Waals surface area contributed by atoms with E-state index in [9.17, 15) is 0 Å². The molecule has 0 amide bonds. The molecule has 1 atom stereocenters. The summed E-state index contributed by atoms with van der Waals surface area (Å²) in [5.74, 6) is 1.23. The number of hydrogen-bond acceptors (Lipinski definition) is 5. The van der Waals surface area contributed by atoms with E-state index in [1.54, 1.807) is 0 Å². The van der Waals surface area contributed by atoms with Crippen LogP contribution in [-0.2, 0) is 6.42 Å². The molecule has 1 aromatic rings. The maximum atomic E-state index is 5.42. The average molecular weight is 226 g/mol. The molecule has 16 heavy (non-hydrogen) atoms. The highest BCUT2D eigenvalue weighted by Gasteiger charge is 2.15. The van der Waals surface area contributed by atoms with Gasteiger partial charge in [0, 0.05) is 19.0 Å². The van der Waals surface area contributed by atoms with Crippen molar-refractivity contribution < 1.29 is 4.42 Å². The number of nitrogens with one attached hydrogen (secondary N) is 1. The quantitative estimate of drug-likeness (QED) is 0.741. The Morgan fingerprint density at radius 2 is 2.00 bits per heavy atom. The van der Waals surface area contributed by atoms with E-state index >= 15 is 0 Å². The maximum Gasteiger partial charge on any atom is 0.315 e. The molecule has 1 heterocycles. The Kier molecular flexibility index (Phi) is 5.25. The van der Waals surface area contributed by atoms with Crippen molar-refractivity contribution in [2.24, 2.45) is 11.7 Å². The van der Waals surface area contributed by atoms with Crippen molar-refractivity contribution in [2.75, 3.05) is 11.9 Å². The van der Waals surface area contributed by atoms with E-state index < -0.39 is 0 Å². The molecule has 0 aliphatic rings.